The fourth-order valence-electron chi connectivity index (χ4n) is 2.04. The maximum absolute atomic E-state index is 6.13. The molecule has 0 amide bonds. The molecule has 0 radical (unpaired) electrons. The summed E-state index contributed by atoms with van der Waals surface area (Å²) in [5.41, 5.74) is 6.82. The molecule has 3 nitrogen and oxygen atoms in total. The van der Waals surface area contributed by atoms with Gasteiger partial charge in [0.25, 0.3) is 0 Å². The molecule has 0 aliphatic rings. The van der Waals surface area contributed by atoms with Gasteiger partial charge in [0.05, 0.1) is 13.2 Å². The molecule has 1 rings (SSSR count). The van der Waals surface area contributed by atoms with Crippen LogP contribution in [0, 0.1) is 0 Å². The van der Waals surface area contributed by atoms with E-state index in [9.17, 15) is 0 Å². The largest absolute Gasteiger partial charge is 0.497 e. The summed E-state index contributed by atoms with van der Waals surface area (Å²) < 4.78 is 11.4. The van der Waals surface area contributed by atoms with Crippen molar-refractivity contribution in [1.29, 1.82) is 0 Å². The lowest BCUT2D eigenvalue weighted by Crippen LogP contribution is -2.22. The van der Waals surface area contributed by atoms with Gasteiger partial charge in [0.1, 0.15) is 11.5 Å². The zero-order valence-corrected chi connectivity index (χ0v) is 12.8. The van der Waals surface area contributed by atoms with Gasteiger partial charge in [-0.25, -0.2) is 0 Å². The van der Waals surface area contributed by atoms with E-state index in [2.05, 4.69) is 33.8 Å². The predicted octanol–water partition coefficient (Wildman–Crippen LogP) is 3.50. The number of ether oxygens (including phenoxy) is 2. The summed E-state index contributed by atoms with van der Waals surface area (Å²) in [6, 6.07) is 6.00. The van der Waals surface area contributed by atoms with Gasteiger partial charge in [-0.15, -0.1) is 0 Å². The number of hydrogen-bond donors (Lipinski definition) is 1. The highest BCUT2D eigenvalue weighted by Crippen LogP contribution is 2.35. The fraction of sp³-hybridized carbons (Fsp3) is 0.625. The molecule has 0 aliphatic carbocycles. The molecule has 0 aliphatic heterocycles. The zero-order chi connectivity index (χ0) is 14.5. The van der Waals surface area contributed by atoms with Crippen molar-refractivity contribution in [3.05, 3.63) is 23.8 Å². The molecule has 3 heteroatoms. The van der Waals surface area contributed by atoms with E-state index in [0.29, 0.717) is 6.54 Å². The molecule has 1 aromatic carbocycles. The van der Waals surface area contributed by atoms with Crippen LogP contribution in [0.5, 0.6) is 11.5 Å². The topological polar surface area (TPSA) is 44.5 Å². The molecule has 1 unspecified atom stereocenters. The first-order valence-corrected chi connectivity index (χ1v) is 6.97. The van der Waals surface area contributed by atoms with E-state index < -0.39 is 0 Å². The summed E-state index contributed by atoms with van der Waals surface area (Å²) in [4.78, 5) is 0. The quantitative estimate of drug-likeness (QED) is 0.856. The first-order valence-electron chi connectivity index (χ1n) is 6.97. The van der Waals surface area contributed by atoms with E-state index in [0.717, 1.165) is 24.3 Å². The lowest BCUT2D eigenvalue weighted by atomic mass is 9.86. The van der Waals surface area contributed by atoms with Crippen LogP contribution < -0.4 is 15.2 Å². The minimum atomic E-state index is 0.0187. The van der Waals surface area contributed by atoms with Crippen LogP contribution in [-0.2, 0) is 5.41 Å². The lowest BCUT2D eigenvalue weighted by Gasteiger charge is -2.26. The average Bonchev–Trinajstić information content (AvgIpc) is 2.37. The molecule has 19 heavy (non-hydrogen) atoms. The highest BCUT2D eigenvalue weighted by Gasteiger charge is 2.21. The van der Waals surface area contributed by atoms with Gasteiger partial charge in [0.2, 0.25) is 0 Å². The van der Waals surface area contributed by atoms with Gasteiger partial charge in [0, 0.05) is 5.56 Å². The molecule has 1 aromatic rings. The summed E-state index contributed by atoms with van der Waals surface area (Å²) in [5.74, 6) is 1.80. The van der Waals surface area contributed by atoms with E-state index >= 15 is 0 Å². The first kappa shape index (κ1) is 15.8. The van der Waals surface area contributed by atoms with Crippen LogP contribution in [0.15, 0.2) is 18.2 Å². The smallest absolute Gasteiger partial charge is 0.123 e. The number of methoxy groups -OCH3 is 1. The zero-order valence-electron chi connectivity index (χ0n) is 12.8. The SMILES string of the molecule is CCC(CCN)Oc1ccc(OC)cc1C(C)(C)C. The number of hydrogen-bond acceptors (Lipinski definition) is 3. The minimum absolute atomic E-state index is 0.0187. The minimum Gasteiger partial charge on any atom is -0.497 e. The van der Waals surface area contributed by atoms with Gasteiger partial charge in [-0.3, -0.25) is 0 Å². The Bertz CT molecular complexity index is 396. The highest BCUT2D eigenvalue weighted by molar-refractivity contribution is 5.44. The van der Waals surface area contributed by atoms with Crippen molar-refractivity contribution in [2.75, 3.05) is 13.7 Å². The number of rotatable bonds is 6. The van der Waals surface area contributed by atoms with Gasteiger partial charge < -0.3 is 15.2 Å². The Hall–Kier alpha value is -1.22. The Morgan fingerprint density at radius 2 is 1.95 bits per heavy atom. The van der Waals surface area contributed by atoms with Crippen LogP contribution in [0.2, 0.25) is 0 Å². The van der Waals surface area contributed by atoms with Crippen molar-refractivity contribution >= 4 is 0 Å². The molecule has 108 valence electrons. The van der Waals surface area contributed by atoms with Crippen molar-refractivity contribution in [2.24, 2.45) is 5.73 Å². The third kappa shape index (κ3) is 4.43. The summed E-state index contributed by atoms with van der Waals surface area (Å²) >= 11 is 0. The second-order valence-corrected chi connectivity index (χ2v) is 5.84. The Balaban J connectivity index is 3.05. The van der Waals surface area contributed by atoms with Gasteiger partial charge in [-0.2, -0.15) is 0 Å². The molecule has 0 spiro atoms. The standard InChI is InChI=1S/C16H27NO2/c1-6-12(9-10-17)19-15-8-7-13(18-5)11-14(15)16(2,3)4/h7-8,11-12H,6,9-10,17H2,1-5H3. The second-order valence-electron chi connectivity index (χ2n) is 5.84. The van der Waals surface area contributed by atoms with Crippen LogP contribution in [0.4, 0.5) is 0 Å². The second kappa shape index (κ2) is 6.80. The Morgan fingerprint density at radius 1 is 1.26 bits per heavy atom. The van der Waals surface area contributed by atoms with Crippen molar-refractivity contribution < 1.29 is 9.47 Å². The Morgan fingerprint density at radius 3 is 2.42 bits per heavy atom. The van der Waals surface area contributed by atoms with E-state index in [4.69, 9.17) is 15.2 Å². The van der Waals surface area contributed by atoms with Gasteiger partial charge in [-0.05, 0) is 43.0 Å². The van der Waals surface area contributed by atoms with Crippen LogP contribution >= 0.6 is 0 Å². The normalized spacial score (nSPS) is 13.2. The van der Waals surface area contributed by atoms with Crippen molar-refractivity contribution in [3.8, 4) is 11.5 Å². The molecule has 0 heterocycles. The van der Waals surface area contributed by atoms with Crippen molar-refractivity contribution in [3.63, 3.8) is 0 Å². The Kier molecular flexibility index (Phi) is 5.67. The van der Waals surface area contributed by atoms with Crippen LogP contribution in [0.25, 0.3) is 0 Å². The first-order chi connectivity index (χ1) is 8.92. The van der Waals surface area contributed by atoms with Crippen LogP contribution in [0.1, 0.15) is 46.1 Å². The predicted molar refractivity (Wildman–Crippen MR) is 80.1 cm³/mol. The molecule has 0 aromatic heterocycles. The molecule has 1 atom stereocenters. The Labute approximate surface area is 117 Å². The highest BCUT2D eigenvalue weighted by atomic mass is 16.5. The monoisotopic (exact) mass is 265 g/mol. The van der Waals surface area contributed by atoms with E-state index in [1.54, 1.807) is 7.11 Å². The molecule has 2 N–H and O–H groups in total. The summed E-state index contributed by atoms with van der Waals surface area (Å²) in [6.45, 7) is 9.32. The van der Waals surface area contributed by atoms with E-state index in [1.807, 2.05) is 12.1 Å². The maximum atomic E-state index is 6.13. The van der Waals surface area contributed by atoms with E-state index in [-0.39, 0.29) is 11.5 Å². The van der Waals surface area contributed by atoms with Gasteiger partial charge in [-0.1, -0.05) is 27.7 Å². The van der Waals surface area contributed by atoms with Crippen molar-refractivity contribution in [1.82, 2.24) is 0 Å². The summed E-state index contributed by atoms with van der Waals surface area (Å²) in [7, 11) is 1.69. The summed E-state index contributed by atoms with van der Waals surface area (Å²) in [6.07, 6.45) is 2.03. The number of benzene rings is 1. The molecule has 0 bridgehead atoms. The lowest BCUT2D eigenvalue weighted by molar-refractivity contribution is 0.185. The van der Waals surface area contributed by atoms with Crippen LogP contribution in [0.3, 0.4) is 0 Å². The molecular weight excluding hydrogens is 238 g/mol. The number of nitrogens with two attached hydrogens (primary N) is 1. The van der Waals surface area contributed by atoms with Gasteiger partial charge in [0.15, 0.2) is 0 Å². The third-order valence-corrected chi connectivity index (χ3v) is 3.23. The van der Waals surface area contributed by atoms with Gasteiger partial charge >= 0.3 is 0 Å². The molecule has 0 saturated heterocycles. The van der Waals surface area contributed by atoms with E-state index in [1.165, 1.54) is 5.56 Å². The van der Waals surface area contributed by atoms with Crippen LogP contribution in [-0.4, -0.2) is 19.8 Å². The average molecular weight is 265 g/mol. The third-order valence-electron chi connectivity index (χ3n) is 3.23. The van der Waals surface area contributed by atoms with Crippen molar-refractivity contribution in [2.45, 2.75) is 52.1 Å². The maximum Gasteiger partial charge on any atom is 0.123 e. The summed E-state index contributed by atoms with van der Waals surface area (Å²) in [5, 5.41) is 0. The molecular formula is C16H27NO2. The fourth-order valence-corrected chi connectivity index (χ4v) is 2.04. The molecule has 0 saturated carbocycles. The molecule has 0 fully saturated rings.